The van der Waals surface area contributed by atoms with E-state index in [2.05, 4.69) is 21.2 Å². The number of carbonyl (C=O) groups is 4. The molecule has 0 aliphatic carbocycles. The van der Waals surface area contributed by atoms with E-state index >= 15 is 0 Å². The van der Waals surface area contributed by atoms with Crippen LogP contribution >= 0.6 is 11.6 Å². The van der Waals surface area contributed by atoms with Gasteiger partial charge in [-0.15, -0.1) is 0 Å². The number of rotatable bonds is 8. The number of hydrazine groups is 1. The van der Waals surface area contributed by atoms with E-state index in [9.17, 15) is 23.6 Å². The van der Waals surface area contributed by atoms with Crippen LogP contribution in [-0.4, -0.2) is 58.6 Å². The lowest BCUT2D eigenvalue weighted by molar-refractivity contribution is -0.145. The van der Waals surface area contributed by atoms with Gasteiger partial charge in [-0.25, -0.2) is 9.40 Å². The largest absolute Gasteiger partial charge is 0.361 e. The van der Waals surface area contributed by atoms with Crippen LogP contribution in [0.3, 0.4) is 0 Å². The molecule has 0 saturated carbocycles. The third-order valence-corrected chi connectivity index (χ3v) is 4.64. The zero-order valence-corrected chi connectivity index (χ0v) is 17.7. The number of aromatic nitrogens is 1. The van der Waals surface area contributed by atoms with Crippen molar-refractivity contribution in [1.29, 1.82) is 0 Å². The van der Waals surface area contributed by atoms with Gasteiger partial charge in [-0.1, -0.05) is 30.6 Å². The number of hydrogen-bond acceptors (Lipinski definition) is 6. The summed E-state index contributed by atoms with van der Waals surface area (Å²) in [5.41, 5.74) is -0.108. The summed E-state index contributed by atoms with van der Waals surface area (Å²) in [7, 11) is 0. The summed E-state index contributed by atoms with van der Waals surface area (Å²) >= 11 is 5.26. The van der Waals surface area contributed by atoms with Gasteiger partial charge >= 0.3 is 0 Å². The lowest BCUT2D eigenvalue weighted by Gasteiger charge is -2.28. The molecule has 1 aliphatic rings. The molecule has 0 radical (unpaired) electrons. The number of alkyl halides is 2. The molecular weight excluding hydrogens is 421 g/mol. The molecule has 1 fully saturated rings. The van der Waals surface area contributed by atoms with E-state index in [1.807, 2.05) is 13.8 Å². The highest BCUT2D eigenvalue weighted by Crippen LogP contribution is 2.14. The number of halogens is 2. The van der Waals surface area contributed by atoms with Gasteiger partial charge in [0.15, 0.2) is 5.69 Å². The SMILES string of the molecule is Cc1cc(C(=O)N[C@@H](CC(C)C)C(=O)NN(C[C@H]2CCNC2=O)C(=O)[C@H](F)Cl)no1. The first-order valence-corrected chi connectivity index (χ1v) is 9.94. The Bertz CT molecular complexity index is 800. The predicted octanol–water partition coefficient (Wildman–Crippen LogP) is 0.658. The van der Waals surface area contributed by atoms with Gasteiger partial charge in [-0.3, -0.25) is 24.6 Å². The number of hydrogen-bond donors (Lipinski definition) is 3. The number of nitrogens with zero attached hydrogens (tertiary/aromatic N) is 2. The van der Waals surface area contributed by atoms with Crippen molar-refractivity contribution in [1.82, 2.24) is 26.2 Å². The highest BCUT2D eigenvalue weighted by Gasteiger charge is 2.33. The van der Waals surface area contributed by atoms with Gasteiger partial charge in [0.05, 0.1) is 12.5 Å². The minimum atomic E-state index is -2.40. The number of aryl methyl sites for hydroxylation is 1. The second kappa shape index (κ2) is 10.4. The first-order valence-electron chi connectivity index (χ1n) is 9.50. The van der Waals surface area contributed by atoms with Crippen molar-refractivity contribution in [2.24, 2.45) is 11.8 Å². The molecule has 1 saturated heterocycles. The summed E-state index contributed by atoms with van der Waals surface area (Å²) in [5, 5.41) is 9.43. The summed E-state index contributed by atoms with van der Waals surface area (Å²) in [6.07, 6.45) is 0.662. The Kier molecular flexibility index (Phi) is 8.16. The second-order valence-electron chi connectivity index (χ2n) is 7.48. The Morgan fingerprint density at radius 1 is 1.43 bits per heavy atom. The van der Waals surface area contributed by atoms with E-state index in [-0.39, 0.29) is 30.5 Å². The van der Waals surface area contributed by atoms with E-state index in [4.69, 9.17) is 16.1 Å². The van der Waals surface area contributed by atoms with Crippen LogP contribution in [0.15, 0.2) is 10.6 Å². The van der Waals surface area contributed by atoms with Gasteiger partial charge in [0.25, 0.3) is 23.4 Å². The monoisotopic (exact) mass is 445 g/mol. The maximum absolute atomic E-state index is 13.4. The molecule has 0 aromatic carbocycles. The molecule has 3 N–H and O–H groups in total. The van der Waals surface area contributed by atoms with Crippen LogP contribution in [0.2, 0.25) is 0 Å². The van der Waals surface area contributed by atoms with Crippen LogP contribution in [0.25, 0.3) is 0 Å². The molecule has 166 valence electrons. The van der Waals surface area contributed by atoms with Crippen molar-refractivity contribution in [3.8, 4) is 0 Å². The van der Waals surface area contributed by atoms with E-state index in [0.29, 0.717) is 23.7 Å². The van der Waals surface area contributed by atoms with Crippen LogP contribution in [0, 0.1) is 18.8 Å². The topological polar surface area (TPSA) is 134 Å². The number of nitrogens with one attached hydrogen (secondary N) is 3. The molecular formula is C18H25ClFN5O5. The van der Waals surface area contributed by atoms with Gasteiger partial charge in [0.2, 0.25) is 5.91 Å². The predicted molar refractivity (Wildman–Crippen MR) is 104 cm³/mol. The normalized spacial score (nSPS) is 17.9. The van der Waals surface area contributed by atoms with Gasteiger partial charge in [-0.2, -0.15) is 0 Å². The second-order valence-corrected chi connectivity index (χ2v) is 7.86. The molecule has 1 aromatic rings. The summed E-state index contributed by atoms with van der Waals surface area (Å²) in [4.78, 5) is 49.1. The number of amides is 4. The van der Waals surface area contributed by atoms with Crippen molar-refractivity contribution in [3.05, 3.63) is 17.5 Å². The summed E-state index contributed by atoms with van der Waals surface area (Å²) < 4.78 is 18.3. The highest BCUT2D eigenvalue weighted by molar-refractivity contribution is 6.29. The molecule has 1 aromatic heterocycles. The maximum Gasteiger partial charge on any atom is 0.291 e. The Hall–Kier alpha value is -2.69. The minimum Gasteiger partial charge on any atom is -0.361 e. The van der Waals surface area contributed by atoms with Crippen LogP contribution in [-0.2, 0) is 14.4 Å². The van der Waals surface area contributed by atoms with Crippen molar-refractivity contribution in [2.75, 3.05) is 13.1 Å². The van der Waals surface area contributed by atoms with Crippen LogP contribution < -0.4 is 16.1 Å². The molecule has 2 heterocycles. The summed E-state index contributed by atoms with van der Waals surface area (Å²) in [6.45, 7) is 5.48. The Morgan fingerprint density at radius 2 is 2.13 bits per heavy atom. The molecule has 3 atom stereocenters. The molecule has 30 heavy (non-hydrogen) atoms. The van der Waals surface area contributed by atoms with Crippen molar-refractivity contribution >= 4 is 35.2 Å². The first kappa shape index (κ1) is 23.6. The van der Waals surface area contributed by atoms with E-state index in [0.717, 1.165) is 0 Å². The zero-order chi connectivity index (χ0) is 22.4. The first-order chi connectivity index (χ1) is 14.1. The number of carbonyl (C=O) groups excluding carboxylic acids is 4. The molecule has 2 rings (SSSR count). The van der Waals surface area contributed by atoms with Crippen LogP contribution in [0.4, 0.5) is 4.39 Å². The maximum atomic E-state index is 13.4. The highest BCUT2D eigenvalue weighted by atomic mass is 35.5. The lowest BCUT2D eigenvalue weighted by Crippen LogP contribution is -2.57. The van der Waals surface area contributed by atoms with E-state index in [1.54, 1.807) is 6.92 Å². The average Bonchev–Trinajstić information content (AvgIpc) is 3.27. The zero-order valence-electron chi connectivity index (χ0n) is 16.9. The molecule has 12 heteroatoms. The Labute approximate surface area is 177 Å². The van der Waals surface area contributed by atoms with Crippen molar-refractivity contribution in [3.63, 3.8) is 0 Å². The van der Waals surface area contributed by atoms with Gasteiger partial charge in [-0.05, 0) is 25.7 Å². The van der Waals surface area contributed by atoms with Gasteiger partial charge < -0.3 is 15.2 Å². The van der Waals surface area contributed by atoms with Crippen molar-refractivity contribution < 1.29 is 28.1 Å². The van der Waals surface area contributed by atoms with E-state index in [1.165, 1.54) is 6.07 Å². The molecule has 4 amide bonds. The molecule has 0 unspecified atom stereocenters. The lowest BCUT2D eigenvalue weighted by atomic mass is 10.0. The van der Waals surface area contributed by atoms with Crippen LogP contribution in [0.1, 0.15) is 42.9 Å². The molecule has 0 spiro atoms. The Balaban J connectivity index is 2.13. The quantitative estimate of drug-likeness (QED) is 0.397. The molecule has 0 bridgehead atoms. The van der Waals surface area contributed by atoms with Gasteiger partial charge in [0.1, 0.15) is 11.8 Å². The van der Waals surface area contributed by atoms with E-state index < -0.39 is 35.3 Å². The van der Waals surface area contributed by atoms with Gasteiger partial charge in [0, 0.05) is 12.6 Å². The third-order valence-electron chi connectivity index (χ3n) is 4.45. The fourth-order valence-electron chi connectivity index (χ4n) is 2.97. The average molecular weight is 446 g/mol. The summed E-state index contributed by atoms with van der Waals surface area (Å²) in [6, 6.07) is 0.366. The third kappa shape index (κ3) is 6.41. The molecule has 10 nitrogen and oxygen atoms in total. The fourth-order valence-corrected chi connectivity index (χ4v) is 3.09. The smallest absolute Gasteiger partial charge is 0.291 e. The molecule has 1 aliphatic heterocycles. The van der Waals surface area contributed by atoms with Crippen LogP contribution in [0.5, 0.6) is 0 Å². The standard InChI is InChI=1S/C18H25ClFN5O5/c1-9(2)6-12(22-16(27)13-7-10(3)30-24-13)17(28)23-25(18(29)14(19)20)8-11-4-5-21-15(11)26/h7,9,11-12,14H,4-6,8H2,1-3H3,(H,21,26)(H,22,27)(H,23,28)/t11-,12+,14+/m1/s1. The minimum absolute atomic E-state index is 0.00537. The Morgan fingerprint density at radius 3 is 2.63 bits per heavy atom. The fraction of sp³-hybridized carbons (Fsp3) is 0.611. The van der Waals surface area contributed by atoms with Crippen molar-refractivity contribution in [2.45, 2.75) is 45.3 Å². The summed E-state index contributed by atoms with van der Waals surface area (Å²) in [5.74, 6) is -3.07.